The number of hydrogen-bond acceptors (Lipinski definition) is 5. The highest BCUT2D eigenvalue weighted by molar-refractivity contribution is 5.92. The van der Waals surface area contributed by atoms with Gasteiger partial charge < -0.3 is 9.64 Å². The number of nitrogens with zero attached hydrogens (tertiary/aromatic N) is 4. The molecule has 182 valence electrons. The van der Waals surface area contributed by atoms with E-state index in [9.17, 15) is 13.6 Å². The van der Waals surface area contributed by atoms with E-state index in [1.54, 1.807) is 28.0 Å². The van der Waals surface area contributed by atoms with Crippen LogP contribution >= 0.6 is 0 Å². The van der Waals surface area contributed by atoms with Crippen molar-refractivity contribution < 1.29 is 22.0 Å². The summed E-state index contributed by atoms with van der Waals surface area (Å²) < 4.78 is 70.7. The number of alkyl halides is 2. The second-order valence-electron chi connectivity index (χ2n) is 8.51. The second kappa shape index (κ2) is 9.72. The molecule has 0 bridgehead atoms. The molecule has 1 unspecified atom stereocenters. The molecule has 9 heteroatoms. The van der Waals surface area contributed by atoms with Crippen molar-refractivity contribution in [2.75, 3.05) is 31.1 Å². The summed E-state index contributed by atoms with van der Waals surface area (Å²) in [6, 6.07) is 8.95. The van der Waals surface area contributed by atoms with Crippen molar-refractivity contribution >= 4 is 22.4 Å². The molecule has 6 nitrogen and oxygen atoms in total. The monoisotopic (exact) mass is 485 g/mol. The van der Waals surface area contributed by atoms with Gasteiger partial charge in [0, 0.05) is 34.4 Å². The Bertz CT molecular complexity index is 1480. The summed E-state index contributed by atoms with van der Waals surface area (Å²) in [6.45, 7) is -1.96. The fourth-order valence-corrected chi connectivity index (χ4v) is 4.73. The molecular weight excluding hydrogens is 457 g/mol. The highest BCUT2D eigenvalue weighted by atomic mass is 19.3. The average molecular weight is 486 g/mol. The zero-order valence-corrected chi connectivity index (χ0v) is 18.8. The number of fused-ring (bicyclic) bond motifs is 2. The predicted molar refractivity (Wildman–Crippen MR) is 128 cm³/mol. The Kier molecular flexibility index (Phi) is 5.53. The van der Waals surface area contributed by atoms with Gasteiger partial charge in [-0.25, -0.2) is 18.0 Å². The van der Waals surface area contributed by atoms with E-state index in [4.69, 9.17) is 8.85 Å². The molecule has 1 atom stereocenters. The molecule has 0 radical (unpaired) electrons. The number of anilines is 2. The maximum Gasteiger partial charge on any atom is 0.349 e. The summed E-state index contributed by atoms with van der Waals surface area (Å²) in [5, 5.41) is -0.0961. The maximum atomic E-state index is 15.2. The van der Waals surface area contributed by atoms with Gasteiger partial charge in [0.25, 0.3) is 6.43 Å². The third-order valence-electron chi connectivity index (χ3n) is 6.36. The van der Waals surface area contributed by atoms with Gasteiger partial charge in [-0.15, -0.1) is 0 Å². The van der Waals surface area contributed by atoms with Gasteiger partial charge in [0.2, 0.25) is 0 Å². The van der Waals surface area contributed by atoms with Crippen LogP contribution in [0, 0.1) is 17.7 Å². The van der Waals surface area contributed by atoms with E-state index in [-0.39, 0.29) is 49.1 Å². The minimum Gasteiger partial charge on any atom is -0.375 e. The van der Waals surface area contributed by atoms with Gasteiger partial charge in [-0.05, 0) is 43.7 Å². The minimum atomic E-state index is -2.85. The lowest BCUT2D eigenvalue weighted by molar-refractivity contribution is 0.0913. The lowest BCUT2D eigenvalue weighted by atomic mass is 10.0. The maximum absolute atomic E-state index is 15.2. The van der Waals surface area contributed by atoms with E-state index in [2.05, 4.69) is 16.8 Å². The summed E-state index contributed by atoms with van der Waals surface area (Å²) in [7, 11) is 0. The van der Waals surface area contributed by atoms with Gasteiger partial charge in [-0.2, -0.15) is 4.98 Å². The summed E-state index contributed by atoms with van der Waals surface area (Å²) in [4.78, 5) is 20.3. The molecule has 2 aromatic carbocycles. The summed E-state index contributed by atoms with van der Waals surface area (Å²) in [6.07, 6.45) is -0.940. The molecule has 35 heavy (non-hydrogen) atoms. The topological polar surface area (TPSA) is 50.6 Å². The predicted octanol–water partition coefficient (Wildman–Crippen LogP) is 3.82. The van der Waals surface area contributed by atoms with E-state index < -0.39 is 24.9 Å². The number of benzene rings is 2. The first-order valence-corrected chi connectivity index (χ1v) is 11.4. The zero-order chi connectivity index (χ0) is 27.0. The Morgan fingerprint density at radius 3 is 2.94 bits per heavy atom. The first kappa shape index (κ1) is 19.9. The van der Waals surface area contributed by atoms with Crippen molar-refractivity contribution in [2.24, 2.45) is 6.98 Å². The average Bonchev–Trinajstić information content (AvgIpc) is 3.15. The Hall–Kier alpha value is -3.35. The molecular formula is C26H25F3N4O2. The first-order valence-electron chi connectivity index (χ1n) is 12.9. The fourth-order valence-electron chi connectivity index (χ4n) is 4.73. The Morgan fingerprint density at radius 2 is 2.11 bits per heavy atom. The van der Waals surface area contributed by atoms with Crippen LogP contribution in [0.5, 0.6) is 0 Å². The van der Waals surface area contributed by atoms with Crippen molar-refractivity contribution in [3.8, 4) is 11.8 Å². The van der Waals surface area contributed by atoms with Crippen LogP contribution in [0.15, 0.2) is 41.2 Å². The lowest BCUT2D eigenvalue weighted by Gasteiger charge is -2.25. The van der Waals surface area contributed by atoms with Crippen LogP contribution in [-0.4, -0.2) is 53.2 Å². The van der Waals surface area contributed by atoms with Crippen molar-refractivity contribution in [3.05, 3.63) is 63.8 Å². The molecule has 2 aliphatic heterocycles. The Labute approximate surface area is 205 Å². The van der Waals surface area contributed by atoms with Crippen LogP contribution in [-0.2, 0) is 18.3 Å². The van der Waals surface area contributed by atoms with E-state index in [0.29, 0.717) is 34.3 Å². The molecule has 0 amide bonds. The van der Waals surface area contributed by atoms with Gasteiger partial charge >= 0.3 is 5.69 Å². The molecule has 1 saturated heterocycles. The normalized spacial score (nSPS) is 20.1. The lowest BCUT2D eigenvalue weighted by Crippen LogP contribution is -2.32. The summed E-state index contributed by atoms with van der Waals surface area (Å²) >= 11 is 0. The molecule has 1 fully saturated rings. The van der Waals surface area contributed by atoms with Crippen molar-refractivity contribution in [2.45, 2.75) is 31.9 Å². The molecule has 2 aliphatic rings. The second-order valence-corrected chi connectivity index (χ2v) is 8.51. The Morgan fingerprint density at radius 1 is 1.26 bits per heavy atom. The van der Waals surface area contributed by atoms with Crippen molar-refractivity contribution in [1.82, 2.24) is 14.5 Å². The van der Waals surface area contributed by atoms with Gasteiger partial charge in [0.1, 0.15) is 5.82 Å². The molecule has 0 saturated carbocycles. The van der Waals surface area contributed by atoms with Crippen LogP contribution in [0.3, 0.4) is 0 Å². The quantitative estimate of drug-likeness (QED) is 0.528. The molecule has 0 N–H and O–H groups in total. The van der Waals surface area contributed by atoms with E-state index in [1.807, 2.05) is 0 Å². The first-order chi connectivity index (χ1) is 18.1. The van der Waals surface area contributed by atoms with Crippen LogP contribution in [0.1, 0.15) is 28.1 Å². The van der Waals surface area contributed by atoms with E-state index in [1.165, 1.54) is 18.2 Å². The third kappa shape index (κ3) is 4.51. The molecule has 1 aromatic heterocycles. The van der Waals surface area contributed by atoms with E-state index >= 15 is 4.39 Å². The highest BCUT2D eigenvalue weighted by Crippen LogP contribution is 2.35. The molecule has 3 aromatic rings. The molecule has 0 spiro atoms. The number of rotatable bonds is 3. The van der Waals surface area contributed by atoms with Crippen LogP contribution in [0.4, 0.5) is 24.7 Å². The number of aromatic nitrogens is 2. The van der Waals surface area contributed by atoms with Gasteiger partial charge in [-0.3, -0.25) is 9.47 Å². The van der Waals surface area contributed by atoms with Gasteiger partial charge in [-0.1, -0.05) is 24.0 Å². The minimum absolute atomic E-state index is 0.0145. The number of likely N-dealkylation sites (tertiary alicyclic amines) is 1. The number of ether oxygens (including phenoxy) is 1. The highest BCUT2D eigenvalue weighted by Gasteiger charge is 2.26. The zero-order valence-electron chi connectivity index (χ0n) is 21.8. The summed E-state index contributed by atoms with van der Waals surface area (Å²) in [5.41, 5.74) is 0.776. The smallest absolute Gasteiger partial charge is 0.349 e. The third-order valence-corrected chi connectivity index (χ3v) is 6.36. The summed E-state index contributed by atoms with van der Waals surface area (Å²) in [5.74, 6) is 5.53. The largest absolute Gasteiger partial charge is 0.375 e. The Balaban J connectivity index is 1.62. The van der Waals surface area contributed by atoms with Crippen LogP contribution in [0.25, 0.3) is 10.9 Å². The van der Waals surface area contributed by atoms with Crippen molar-refractivity contribution in [1.29, 1.82) is 0 Å². The SMILES string of the molecule is [2H]C([2H])([2H])n1c(=O)nc(N2CCOCc3c(C#CC4CCCN4CC(F)F)cccc32)c2c(F)cccc21. The molecule has 3 heterocycles. The van der Waals surface area contributed by atoms with Crippen LogP contribution < -0.4 is 10.6 Å². The fraction of sp³-hybridized carbons (Fsp3) is 0.385. The van der Waals surface area contributed by atoms with Gasteiger partial charge in [0.15, 0.2) is 5.82 Å². The van der Waals surface area contributed by atoms with E-state index in [0.717, 1.165) is 6.42 Å². The number of aryl methyl sites for hydroxylation is 1. The number of halogens is 3. The standard InChI is InChI=1S/C26H25F3N4O2/c1-31-22-9-3-7-20(27)24(22)25(30-26(31)34)33-13-14-35-16-19-17(5-2-8-21(19)33)10-11-18-6-4-12-32(18)15-23(28)29/h2-3,5,7-9,18,23H,4,6,12-16H2,1H3/i1D3. The van der Waals surface area contributed by atoms with Gasteiger partial charge in [0.05, 0.1) is 36.7 Å². The van der Waals surface area contributed by atoms with Crippen LogP contribution in [0.2, 0.25) is 0 Å². The van der Waals surface area contributed by atoms with Crippen molar-refractivity contribution in [3.63, 3.8) is 0 Å². The number of hydrogen-bond donors (Lipinski definition) is 0. The molecule has 0 aliphatic carbocycles. The molecule has 5 rings (SSSR count).